The lowest BCUT2D eigenvalue weighted by atomic mass is 10.1. The van der Waals surface area contributed by atoms with Crippen molar-refractivity contribution in [2.24, 2.45) is 5.73 Å². The smallest absolute Gasteiger partial charge is 0.0235 e. The molecule has 2 unspecified atom stereocenters. The number of rotatable bonds is 10. The average molecular weight is 269 g/mol. The molecule has 19 heavy (non-hydrogen) atoms. The zero-order valence-electron chi connectivity index (χ0n) is 13.4. The van der Waals surface area contributed by atoms with Crippen LogP contribution >= 0.6 is 0 Å². The van der Waals surface area contributed by atoms with Crippen LogP contribution in [0.5, 0.6) is 0 Å². The van der Waals surface area contributed by atoms with Gasteiger partial charge in [-0.15, -0.1) is 0 Å². The second kappa shape index (κ2) is 9.73. The van der Waals surface area contributed by atoms with Gasteiger partial charge in [0, 0.05) is 31.7 Å². The molecule has 1 fully saturated rings. The van der Waals surface area contributed by atoms with E-state index in [1.165, 1.54) is 64.7 Å². The van der Waals surface area contributed by atoms with E-state index in [1.54, 1.807) is 0 Å². The van der Waals surface area contributed by atoms with Gasteiger partial charge in [0.1, 0.15) is 0 Å². The molecule has 1 rings (SSSR count). The summed E-state index contributed by atoms with van der Waals surface area (Å²) in [6.45, 7) is 12.5. The van der Waals surface area contributed by atoms with Crippen LogP contribution in [0.3, 0.4) is 0 Å². The number of likely N-dealkylation sites (tertiary alicyclic amines) is 1. The Morgan fingerprint density at radius 3 is 2.47 bits per heavy atom. The molecule has 1 aliphatic heterocycles. The molecule has 1 aliphatic rings. The van der Waals surface area contributed by atoms with Gasteiger partial charge in [-0.25, -0.2) is 0 Å². The van der Waals surface area contributed by atoms with Crippen molar-refractivity contribution in [3.05, 3.63) is 0 Å². The number of unbranched alkanes of at least 4 members (excludes halogenated alkanes) is 3. The Labute approximate surface area is 120 Å². The summed E-state index contributed by atoms with van der Waals surface area (Å²) in [7, 11) is 0. The van der Waals surface area contributed by atoms with Gasteiger partial charge in [0.2, 0.25) is 0 Å². The fraction of sp³-hybridized carbons (Fsp3) is 1.00. The third-order valence-electron chi connectivity index (χ3n) is 4.70. The van der Waals surface area contributed by atoms with Crippen LogP contribution in [0, 0.1) is 0 Å². The zero-order valence-corrected chi connectivity index (χ0v) is 13.4. The third-order valence-corrected chi connectivity index (χ3v) is 4.70. The molecule has 1 heterocycles. The predicted octanol–water partition coefficient (Wildman–Crippen LogP) is 2.70. The second-order valence-corrected chi connectivity index (χ2v) is 5.90. The SMILES string of the molecule is CCCCCCC(CN)N1CCC(N(CC)CC)C1. The van der Waals surface area contributed by atoms with Crippen molar-refractivity contribution in [1.29, 1.82) is 0 Å². The van der Waals surface area contributed by atoms with Gasteiger partial charge >= 0.3 is 0 Å². The lowest BCUT2D eigenvalue weighted by Gasteiger charge is -2.29. The van der Waals surface area contributed by atoms with E-state index in [0.29, 0.717) is 6.04 Å². The van der Waals surface area contributed by atoms with Crippen molar-refractivity contribution < 1.29 is 0 Å². The van der Waals surface area contributed by atoms with Gasteiger partial charge < -0.3 is 5.73 Å². The van der Waals surface area contributed by atoms with Crippen LogP contribution in [-0.2, 0) is 0 Å². The van der Waals surface area contributed by atoms with Crippen LogP contribution in [0.25, 0.3) is 0 Å². The number of nitrogens with two attached hydrogens (primary N) is 1. The van der Waals surface area contributed by atoms with E-state index in [9.17, 15) is 0 Å². The predicted molar refractivity (Wildman–Crippen MR) is 84.5 cm³/mol. The maximum Gasteiger partial charge on any atom is 0.0235 e. The Morgan fingerprint density at radius 2 is 1.89 bits per heavy atom. The molecule has 2 atom stereocenters. The monoisotopic (exact) mass is 269 g/mol. The van der Waals surface area contributed by atoms with E-state index in [1.807, 2.05) is 0 Å². The normalized spacial score (nSPS) is 22.3. The fourth-order valence-corrected chi connectivity index (χ4v) is 3.39. The first-order valence-electron chi connectivity index (χ1n) is 8.44. The molecular weight excluding hydrogens is 234 g/mol. The first-order valence-corrected chi connectivity index (χ1v) is 8.44. The van der Waals surface area contributed by atoms with Crippen molar-refractivity contribution in [2.45, 2.75) is 71.4 Å². The summed E-state index contributed by atoms with van der Waals surface area (Å²) in [5, 5.41) is 0. The molecule has 0 aromatic heterocycles. The Balaban J connectivity index is 2.33. The molecular formula is C16H35N3. The van der Waals surface area contributed by atoms with Crippen molar-refractivity contribution >= 4 is 0 Å². The minimum Gasteiger partial charge on any atom is -0.329 e. The van der Waals surface area contributed by atoms with E-state index < -0.39 is 0 Å². The number of nitrogens with zero attached hydrogens (tertiary/aromatic N) is 2. The van der Waals surface area contributed by atoms with Gasteiger partial charge in [-0.05, 0) is 25.9 Å². The highest BCUT2D eigenvalue weighted by Crippen LogP contribution is 2.20. The number of hydrogen-bond donors (Lipinski definition) is 1. The minimum atomic E-state index is 0.623. The highest BCUT2D eigenvalue weighted by atomic mass is 15.3. The minimum absolute atomic E-state index is 0.623. The summed E-state index contributed by atoms with van der Waals surface area (Å²) in [6.07, 6.45) is 8.04. The quantitative estimate of drug-likeness (QED) is 0.619. The van der Waals surface area contributed by atoms with Crippen LogP contribution in [0.1, 0.15) is 59.3 Å². The third kappa shape index (κ3) is 5.41. The van der Waals surface area contributed by atoms with Crippen molar-refractivity contribution in [3.63, 3.8) is 0 Å². The molecule has 0 amide bonds. The molecule has 3 heteroatoms. The van der Waals surface area contributed by atoms with Gasteiger partial charge in [0.15, 0.2) is 0 Å². The molecule has 0 radical (unpaired) electrons. The second-order valence-electron chi connectivity index (χ2n) is 5.90. The fourth-order valence-electron chi connectivity index (χ4n) is 3.39. The molecule has 0 spiro atoms. The molecule has 0 aromatic rings. The molecule has 0 saturated carbocycles. The molecule has 0 aliphatic carbocycles. The Kier molecular flexibility index (Phi) is 8.67. The van der Waals surface area contributed by atoms with E-state index in [2.05, 4.69) is 30.6 Å². The Morgan fingerprint density at radius 1 is 1.16 bits per heavy atom. The van der Waals surface area contributed by atoms with E-state index in [0.717, 1.165) is 12.6 Å². The Bertz CT molecular complexity index is 216. The van der Waals surface area contributed by atoms with Crippen molar-refractivity contribution in [1.82, 2.24) is 9.80 Å². The highest BCUT2D eigenvalue weighted by molar-refractivity contribution is 4.87. The summed E-state index contributed by atoms with van der Waals surface area (Å²) in [6, 6.07) is 1.39. The zero-order chi connectivity index (χ0) is 14.1. The van der Waals surface area contributed by atoms with E-state index >= 15 is 0 Å². The van der Waals surface area contributed by atoms with Crippen LogP contribution in [0.15, 0.2) is 0 Å². The standard InChI is InChI=1S/C16H35N3/c1-4-7-8-9-10-15(13-17)19-12-11-16(14-19)18(5-2)6-3/h15-16H,4-14,17H2,1-3H3. The van der Waals surface area contributed by atoms with E-state index in [-0.39, 0.29) is 0 Å². The van der Waals surface area contributed by atoms with Gasteiger partial charge in [-0.3, -0.25) is 9.80 Å². The maximum absolute atomic E-state index is 6.00. The number of hydrogen-bond acceptors (Lipinski definition) is 3. The summed E-state index contributed by atoms with van der Waals surface area (Å²) in [5.74, 6) is 0. The first-order chi connectivity index (χ1) is 9.26. The first kappa shape index (κ1) is 16.9. The van der Waals surface area contributed by atoms with Crippen molar-refractivity contribution in [3.8, 4) is 0 Å². The average Bonchev–Trinajstić information content (AvgIpc) is 2.90. The van der Waals surface area contributed by atoms with Gasteiger partial charge in [0.25, 0.3) is 0 Å². The summed E-state index contributed by atoms with van der Waals surface area (Å²) >= 11 is 0. The van der Waals surface area contributed by atoms with Crippen LogP contribution < -0.4 is 5.73 Å². The lowest BCUT2D eigenvalue weighted by molar-refractivity contribution is 0.183. The topological polar surface area (TPSA) is 32.5 Å². The number of likely N-dealkylation sites (N-methyl/N-ethyl adjacent to an activating group) is 1. The molecule has 0 bridgehead atoms. The van der Waals surface area contributed by atoms with Crippen LogP contribution in [-0.4, -0.2) is 54.6 Å². The van der Waals surface area contributed by atoms with Gasteiger partial charge in [-0.1, -0.05) is 46.5 Å². The summed E-state index contributed by atoms with van der Waals surface area (Å²) in [5.41, 5.74) is 6.00. The molecule has 2 N–H and O–H groups in total. The largest absolute Gasteiger partial charge is 0.329 e. The summed E-state index contributed by atoms with van der Waals surface area (Å²) < 4.78 is 0. The van der Waals surface area contributed by atoms with Crippen molar-refractivity contribution in [2.75, 3.05) is 32.7 Å². The van der Waals surface area contributed by atoms with E-state index in [4.69, 9.17) is 5.73 Å². The lowest BCUT2D eigenvalue weighted by Crippen LogP contribution is -2.42. The molecule has 0 aromatic carbocycles. The molecule has 114 valence electrons. The molecule has 3 nitrogen and oxygen atoms in total. The summed E-state index contributed by atoms with van der Waals surface area (Å²) in [4.78, 5) is 5.25. The highest BCUT2D eigenvalue weighted by Gasteiger charge is 2.29. The molecule has 1 saturated heterocycles. The van der Waals surface area contributed by atoms with Gasteiger partial charge in [0.05, 0.1) is 0 Å². The van der Waals surface area contributed by atoms with Crippen LogP contribution in [0.2, 0.25) is 0 Å². The van der Waals surface area contributed by atoms with Crippen LogP contribution in [0.4, 0.5) is 0 Å². The maximum atomic E-state index is 6.00. The van der Waals surface area contributed by atoms with Gasteiger partial charge in [-0.2, -0.15) is 0 Å². The Hall–Kier alpha value is -0.120.